The Kier molecular flexibility index (Phi) is 2.86. The SMILES string of the molecule is Nc1cc(-c2c(O)cc(C(F)(F)F)cc2Cl)on1. The number of nitrogen functional groups attached to an aromatic ring is 1. The van der Waals surface area contributed by atoms with Crippen LogP contribution in [-0.4, -0.2) is 10.3 Å². The van der Waals surface area contributed by atoms with E-state index in [1.165, 1.54) is 6.07 Å². The third-order valence-electron chi connectivity index (χ3n) is 2.17. The van der Waals surface area contributed by atoms with Gasteiger partial charge in [0.15, 0.2) is 11.6 Å². The van der Waals surface area contributed by atoms with Crippen LogP contribution in [0.5, 0.6) is 5.75 Å². The number of phenols is 1. The lowest BCUT2D eigenvalue weighted by Gasteiger charge is -2.10. The van der Waals surface area contributed by atoms with Gasteiger partial charge in [0.1, 0.15) is 5.75 Å². The molecular formula is C10H6ClF3N2O2. The number of hydrogen-bond acceptors (Lipinski definition) is 4. The highest BCUT2D eigenvalue weighted by atomic mass is 35.5. The zero-order valence-corrected chi connectivity index (χ0v) is 9.38. The summed E-state index contributed by atoms with van der Waals surface area (Å²) in [4.78, 5) is 0. The molecule has 3 N–H and O–H groups in total. The summed E-state index contributed by atoms with van der Waals surface area (Å²) in [6, 6.07) is 2.49. The molecule has 2 rings (SSSR count). The number of benzene rings is 1. The van der Waals surface area contributed by atoms with Gasteiger partial charge < -0.3 is 15.4 Å². The lowest BCUT2D eigenvalue weighted by molar-refractivity contribution is -0.137. The number of aromatic nitrogens is 1. The largest absolute Gasteiger partial charge is 0.507 e. The van der Waals surface area contributed by atoms with Crippen molar-refractivity contribution in [2.24, 2.45) is 0 Å². The van der Waals surface area contributed by atoms with Crippen molar-refractivity contribution in [3.05, 3.63) is 28.8 Å². The molecule has 1 aromatic carbocycles. The van der Waals surface area contributed by atoms with Crippen LogP contribution in [0, 0.1) is 0 Å². The number of anilines is 1. The summed E-state index contributed by atoms with van der Waals surface area (Å²) in [6.07, 6.45) is -4.60. The van der Waals surface area contributed by atoms with Crippen LogP contribution in [0.25, 0.3) is 11.3 Å². The van der Waals surface area contributed by atoms with Crippen molar-refractivity contribution in [1.82, 2.24) is 5.16 Å². The Morgan fingerprint density at radius 3 is 2.39 bits per heavy atom. The van der Waals surface area contributed by atoms with Crippen LogP contribution >= 0.6 is 11.6 Å². The van der Waals surface area contributed by atoms with Gasteiger partial charge in [0, 0.05) is 6.07 Å². The van der Waals surface area contributed by atoms with Gasteiger partial charge in [-0.25, -0.2) is 0 Å². The molecule has 2 aromatic rings. The summed E-state index contributed by atoms with van der Waals surface area (Å²) in [7, 11) is 0. The van der Waals surface area contributed by atoms with Crippen molar-refractivity contribution in [2.75, 3.05) is 5.73 Å². The molecule has 0 saturated carbocycles. The van der Waals surface area contributed by atoms with Crippen molar-refractivity contribution in [2.45, 2.75) is 6.18 Å². The number of halogens is 4. The molecule has 1 heterocycles. The van der Waals surface area contributed by atoms with Crippen molar-refractivity contribution in [3.63, 3.8) is 0 Å². The molecular weight excluding hydrogens is 273 g/mol. The Morgan fingerprint density at radius 2 is 1.94 bits per heavy atom. The van der Waals surface area contributed by atoms with Gasteiger partial charge in [0.25, 0.3) is 0 Å². The van der Waals surface area contributed by atoms with Crippen LogP contribution in [0.4, 0.5) is 19.0 Å². The average Bonchev–Trinajstić information content (AvgIpc) is 2.62. The molecule has 0 bridgehead atoms. The minimum absolute atomic E-state index is 0.0104. The molecule has 1 aromatic heterocycles. The maximum Gasteiger partial charge on any atom is 0.416 e. The monoisotopic (exact) mass is 278 g/mol. The van der Waals surface area contributed by atoms with Gasteiger partial charge in [-0.05, 0) is 12.1 Å². The van der Waals surface area contributed by atoms with E-state index in [4.69, 9.17) is 21.9 Å². The quantitative estimate of drug-likeness (QED) is 0.839. The Morgan fingerprint density at radius 1 is 1.28 bits per heavy atom. The summed E-state index contributed by atoms with van der Waals surface area (Å²) in [5.41, 5.74) is 4.16. The van der Waals surface area contributed by atoms with E-state index in [1.807, 2.05) is 0 Å². The fourth-order valence-electron chi connectivity index (χ4n) is 1.41. The Balaban J connectivity index is 2.58. The fourth-order valence-corrected chi connectivity index (χ4v) is 1.71. The van der Waals surface area contributed by atoms with Crippen LogP contribution in [0.3, 0.4) is 0 Å². The first kappa shape index (κ1) is 12.6. The first-order chi connectivity index (χ1) is 8.29. The molecule has 4 nitrogen and oxygen atoms in total. The second-order valence-corrected chi connectivity index (χ2v) is 3.87. The van der Waals surface area contributed by atoms with Gasteiger partial charge in [-0.15, -0.1) is 0 Å². The standard InChI is InChI=1S/C10H6ClF3N2O2/c11-5-1-4(10(12,13)14)2-6(17)9(5)7-3-8(15)16-18-7/h1-3,17H,(H2,15,16). The minimum Gasteiger partial charge on any atom is -0.507 e. The maximum atomic E-state index is 12.5. The first-order valence-electron chi connectivity index (χ1n) is 4.61. The lowest BCUT2D eigenvalue weighted by Crippen LogP contribution is -2.04. The van der Waals surface area contributed by atoms with Crippen LogP contribution in [-0.2, 0) is 6.18 Å². The minimum atomic E-state index is -4.60. The molecule has 0 fully saturated rings. The van der Waals surface area contributed by atoms with E-state index < -0.39 is 17.5 Å². The predicted octanol–water partition coefficient (Wildman–Crippen LogP) is 3.30. The molecule has 8 heteroatoms. The number of aromatic hydroxyl groups is 1. The summed E-state index contributed by atoms with van der Waals surface area (Å²) in [5, 5.41) is 12.6. The van der Waals surface area contributed by atoms with Crippen LogP contribution in [0.15, 0.2) is 22.7 Å². The molecule has 0 aliphatic rings. The molecule has 0 aliphatic carbocycles. The fraction of sp³-hybridized carbons (Fsp3) is 0.100. The van der Waals surface area contributed by atoms with Crippen molar-refractivity contribution in [1.29, 1.82) is 0 Å². The smallest absolute Gasteiger partial charge is 0.416 e. The third kappa shape index (κ3) is 2.21. The zero-order valence-electron chi connectivity index (χ0n) is 8.62. The third-order valence-corrected chi connectivity index (χ3v) is 2.47. The molecule has 0 saturated heterocycles. The predicted molar refractivity (Wildman–Crippen MR) is 58.0 cm³/mol. The highest BCUT2D eigenvalue weighted by Gasteiger charge is 2.32. The molecule has 0 aliphatic heterocycles. The summed E-state index contributed by atoms with van der Waals surface area (Å²) in [5.74, 6) is -0.643. The molecule has 18 heavy (non-hydrogen) atoms. The van der Waals surface area contributed by atoms with E-state index in [9.17, 15) is 18.3 Å². The number of nitrogens with zero attached hydrogens (tertiary/aromatic N) is 1. The highest BCUT2D eigenvalue weighted by molar-refractivity contribution is 6.33. The molecule has 0 amide bonds. The van der Waals surface area contributed by atoms with E-state index in [2.05, 4.69) is 5.16 Å². The maximum absolute atomic E-state index is 12.5. The number of rotatable bonds is 1. The molecule has 0 unspecified atom stereocenters. The van der Waals surface area contributed by atoms with Crippen LogP contribution in [0.1, 0.15) is 5.56 Å². The van der Waals surface area contributed by atoms with Gasteiger partial charge >= 0.3 is 6.18 Å². The summed E-state index contributed by atoms with van der Waals surface area (Å²) < 4.78 is 42.1. The second-order valence-electron chi connectivity index (χ2n) is 3.47. The molecule has 0 spiro atoms. The summed E-state index contributed by atoms with van der Waals surface area (Å²) in [6.45, 7) is 0. The topological polar surface area (TPSA) is 72.3 Å². The Hall–Kier alpha value is -1.89. The van der Waals surface area contributed by atoms with Crippen LogP contribution < -0.4 is 5.73 Å². The Bertz CT molecular complexity index is 572. The van der Waals surface area contributed by atoms with E-state index in [0.29, 0.717) is 12.1 Å². The van der Waals surface area contributed by atoms with Gasteiger partial charge in [-0.1, -0.05) is 16.8 Å². The van der Waals surface area contributed by atoms with Gasteiger partial charge in [-0.3, -0.25) is 0 Å². The zero-order chi connectivity index (χ0) is 13.5. The van der Waals surface area contributed by atoms with Gasteiger partial charge in [0.05, 0.1) is 16.1 Å². The van der Waals surface area contributed by atoms with E-state index >= 15 is 0 Å². The van der Waals surface area contributed by atoms with E-state index in [1.54, 1.807) is 0 Å². The number of alkyl halides is 3. The lowest BCUT2D eigenvalue weighted by atomic mass is 10.1. The van der Waals surface area contributed by atoms with Crippen molar-refractivity contribution >= 4 is 17.4 Å². The van der Waals surface area contributed by atoms with Crippen molar-refractivity contribution in [3.8, 4) is 17.1 Å². The van der Waals surface area contributed by atoms with Gasteiger partial charge in [0.2, 0.25) is 0 Å². The first-order valence-corrected chi connectivity index (χ1v) is 4.99. The molecule has 96 valence electrons. The Labute approximate surface area is 104 Å². The summed E-state index contributed by atoms with van der Waals surface area (Å²) >= 11 is 5.70. The van der Waals surface area contributed by atoms with E-state index in [0.717, 1.165) is 0 Å². The number of phenolic OH excluding ortho intramolecular Hbond substituents is 1. The van der Waals surface area contributed by atoms with Crippen LogP contribution in [0.2, 0.25) is 5.02 Å². The normalized spacial score (nSPS) is 11.8. The molecule has 0 radical (unpaired) electrons. The number of nitrogens with two attached hydrogens (primary N) is 1. The second kappa shape index (κ2) is 4.09. The highest BCUT2D eigenvalue weighted by Crippen LogP contribution is 2.41. The average molecular weight is 279 g/mol. The van der Waals surface area contributed by atoms with E-state index in [-0.39, 0.29) is 22.2 Å². The molecule has 0 atom stereocenters. The van der Waals surface area contributed by atoms with Gasteiger partial charge in [-0.2, -0.15) is 13.2 Å². The number of hydrogen-bond donors (Lipinski definition) is 2. The van der Waals surface area contributed by atoms with Crippen molar-refractivity contribution < 1.29 is 22.8 Å².